The van der Waals surface area contributed by atoms with Gasteiger partial charge < -0.3 is 15.0 Å². The summed E-state index contributed by atoms with van der Waals surface area (Å²) < 4.78 is 5.48. The molecule has 0 aliphatic carbocycles. The molecule has 4 nitrogen and oxygen atoms in total. The number of hydrogen-bond donors (Lipinski definition) is 1. The zero-order valence-electron chi connectivity index (χ0n) is 13.1. The summed E-state index contributed by atoms with van der Waals surface area (Å²) in [6, 6.07) is 12.3. The van der Waals surface area contributed by atoms with Crippen LogP contribution in [0.2, 0.25) is 0 Å². The molecule has 0 saturated carbocycles. The molecule has 0 amide bonds. The predicted octanol–water partition coefficient (Wildman–Crippen LogP) is 3.72. The number of hydrogen-bond acceptors (Lipinski definition) is 4. The summed E-state index contributed by atoms with van der Waals surface area (Å²) in [6.45, 7) is 2.16. The molecule has 1 atom stereocenters. The van der Waals surface area contributed by atoms with Crippen LogP contribution >= 0.6 is 0 Å². The minimum Gasteiger partial charge on any atom is -0.496 e. The monoisotopic (exact) mass is 285 g/mol. The van der Waals surface area contributed by atoms with Crippen molar-refractivity contribution in [2.75, 3.05) is 31.4 Å². The molecule has 1 heterocycles. The molecule has 0 radical (unpaired) electrons. The van der Waals surface area contributed by atoms with Crippen molar-refractivity contribution in [3.63, 3.8) is 0 Å². The number of nitrogens with zero attached hydrogens (tertiary/aromatic N) is 2. The number of benzene rings is 1. The number of aromatic nitrogens is 1. The fraction of sp³-hybridized carbons (Fsp3) is 0.353. The van der Waals surface area contributed by atoms with Gasteiger partial charge in [-0.2, -0.15) is 0 Å². The van der Waals surface area contributed by atoms with Crippen LogP contribution in [0, 0.1) is 0 Å². The number of nitrogens with one attached hydrogen (secondary N) is 1. The van der Waals surface area contributed by atoms with Crippen LogP contribution in [0.3, 0.4) is 0 Å². The summed E-state index contributed by atoms with van der Waals surface area (Å²) in [5, 5.41) is 3.59. The van der Waals surface area contributed by atoms with E-state index in [1.54, 1.807) is 7.11 Å². The molecule has 1 unspecified atom stereocenters. The fourth-order valence-corrected chi connectivity index (χ4v) is 2.41. The predicted molar refractivity (Wildman–Crippen MR) is 88.2 cm³/mol. The van der Waals surface area contributed by atoms with Crippen molar-refractivity contribution in [2.45, 2.75) is 19.4 Å². The third-order valence-electron chi connectivity index (χ3n) is 3.46. The average Bonchev–Trinajstić information content (AvgIpc) is 2.52. The van der Waals surface area contributed by atoms with Crippen molar-refractivity contribution in [1.82, 2.24) is 4.98 Å². The van der Waals surface area contributed by atoms with Gasteiger partial charge in [0.1, 0.15) is 5.75 Å². The molecule has 112 valence electrons. The van der Waals surface area contributed by atoms with E-state index in [1.165, 1.54) is 0 Å². The quantitative estimate of drug-likeness (QED) is 0.877. The van der Waals surface area contributed by atoms with Crippen LogP contribution in [-0.4, -0.2) is 26.2 Å². The highest BCUT2D eigenvalue weighted by Crippen LogP contribution is 2.32. The van der Waals surface area contributed by atoms with Gasteiger partial charge in [0.05, 0.1) is 18.8 Å². The molecule has 21 heavy (non-hydrogen) atoms. The summed E-state index contributed by atoms with van der Waals surface area (Å²) in [4.78, 5) is 6.45. The van der Waals surface area contributed by atoms with E-state index in [-0.39, 0.29) is 6.04 Å². The van der Waals surface area contributed by atoms with E-state index in [0.29, 0.717) is 0 Å². The van der Waals surface area contributed by atoms with Crippen molar-refractivity contribution < 1.29 is 4.74 Å². The van der Waals surface area contributed by atoms with Crippen LogP contribution in [0.25, 0.3) is 0 Å². The Morgan fingerprint density at radius 1 is 1.19 bits per heavy atom. The second kappa shape index (κ2) is 6.97. The van der Waals surface area contributed by atoms with Gasteiger partial charge in [0.15, 0.2) is 5.82 Å². The van der Waals surface area contributed by atoms with Crippen LogP contribution in [0.15, 0.2) is 42.6 Å². The van der Waals surface area contributed by atoms with Crippen LogP contribution in [-0.2, 0) is 0 Å². The number of methoxy groups -OCH3 is 1. The third kappa shape index (κ3) is 3.45. The van der Waals surface area contributed by atoms with Gasteiger partial charge >= 0.3 is 0 Å². The molecule has 0 aliphatic rings. The van der Waals surface area contributed by atoms with Crippen LogP contribution in [0.5, 0.6) is 5.75 Å². The Morgan fingerprint density at radius 3 is 2.62 bits per heavy atom. The molecular weight excluding hydrogens is 262 g/mol. The van der Waals surface area contributed by atoms with Crippen molar-refractivity contribution in [1.29, 1.82) is 0 Å². The fourth-order valence-electron chi connectivity index (χ4n) is 2.41. The van der Waals surface area contributed by atoms with Gasteiger partial charge in [-0.05, 0) is 24.6 Å². The van der Waals surface area contributed by atoms with E-state index < -0.39 is 0 Å². The molecule has 0 saturated heterocycles. The van der Waals surface area contributed by atoms with E-state index >= 15 is 0 Å². The summed E-state index contributed by atoms with van der Waals surface area (Å²) in [5.41, 5.74) is 2.19. The SMILES string of the molecule is CCC(Nc1cccnc1N(C)C)c1ccccc1OC. The van der Waals surface area contributed by atoms with Crippen LogP contribution in [0.4, 0.5) is 11.5 Å². The van der Waals surface area contributed by atoms with E-state index in [2.05, 4.69) is 29.4 Å². The zero-order valence-corrected chi connectivity index (χ0v) is 13.1. The highest BCUT2D eigenvalue weighted by molar-refractivity contribution is 5.65. The largest absolute Gasteiger partial charge is 0.496 e. The first-order valence-corrected chi connectivity index (χ1v) is 7.19. The lowest BCUT2D eigenvalue weighted by Crippen LogP contribution is -2.16. The van der Waals surface area contributed by atoms with Gasteiger partial charge in [-0.1, -0.05) is 25.1 Å². The normalized spacial score (nSPS) is 11.8. The number of rotatable bonds is 6. The number of para-hydroxylation sites is 1. The van der Waals surface area contributed by atoms with E-state index in [0.717, 1.165) is 29.2 Å². The smallest absolute Gasteiger partial charge is 0.151 e. The first-order valence-electron chi connectivity index (χ1n) is 7.19. The number of pyridine rings is 1. The van der Waals surface area contributed by atoms with Gasteiger partial charge in [0.25, 0.3) is 0 Å². The van der Waals surface area contributed by atoms with Crippen molar-refractivity contribution in [2.24, 2.45) is 0 Å². The Bertz CT molecular complexity index is 584. The van der Waals surface area contributed by atoms with Crippen molar-refractivity contribution in [3.05, 3.63) is 48.2 Å². The third-order valence-corrected chi connectivity index (χ3v) is 3.46. The Hall–Kier alpha value is -2.23. The van der Waals surface area contributed by atoms with Gasteiger partial charge in [-0.3, -0.25) is 0 Å². The Kier molecular flexibility index (Phi) is 5.04. The minimum atomic E-state index is 0.184. The van der Waals surface area contributed by atoms with Crippen LogP contribution < -0.4 is 15.0 Å². The highest BCUT2D eigenvalue weighted by Gasteiger charge is 2.16. The maximum atomic E-state index is 5.48. The number of anilines is 2. The number of ether oxygens (including phenoxy) is 1. The summed E-state index contributed by atoms with van der Waals surface area (Å²) in [7, 11) is 5.70. The van der Waals surface area contributed by atoms with Gasteiger partial charge in [0, 0.05) is 25.9 Å². The van der Waals surface area contributed by atoms with Crippen molar-refractivity contribution >= 4 is 11.5 Å². The summed E-state index contributed by atoms with van der Waals surface area (Å²) in [6.07, 6.45) is 2.77. The molecule has 2 aromatic rings. The van der Waals surface area contributed by atoms with Gasteiger partial charge in [-0.25, -0.2) is 4.98 Å². The van der Waals surface area contributed by atoms with Crippen LogP contribution in [0.1, 0.15) is 24.9 Å². The molecule has 1 N–H and O–H groups in total. The molecule has 0 fully saturated rings. The van der Waals surface area contributed by atoms with E-state index in [4.69, 9.17) is 4.74 Å². The molecule has 0 bridgehead atoms. The van der Waals surface area contributed by atoms with Gasteiger partial charge in [0.2, 0.25) is 0 Å². The maximum Gasteiger partial charge on any atom is 0.151 e. The maximum absolute atomic E-state index is 5.48. The molecule has 2 rings (SSSR count). The zero-order chi connectivity index (χ0) is 15.2. The standard InChI is InChI=1S/C17H23N3O/c1-5-14(13-9-6-7-11-16(13)21-4)19-15-10-8-12-18-17(15)20(2)3/h6-12,14,19H,5H2,1-4H3. The summed E-state index contributed by atoms with van der Waals surface area (Å²) >= 11 is 0. The topological polar surface area (TPSA) is 37.4 Å². The van der Waals surface area contributed by atoms with Gasteiger partial charge in [-0.15, -0.1) is 0 Å². The first kappa shape index (κ1) is 15.2. The minimum absolute atomic E-state index is 0.184. The average molecular weight is 285 g/mol. The summed E-state index contributed by atoms with van der Waals surface area (Å²) in [5.74, 6) is 1.85. The molecular formula is C17H23N3O. The Balaban J connectivity index is 2.32. The Morgan fingerprint density at radius 2 is 1.95 bits per heavy atom. The first-order chi connectivity index (χ1) is 10.2. The second-order valence-corrected chi connectivity index (χ2v) is 5.12. The highest BCUT2D eigenvalue weighted by atomic mass is 16.5. The second-order valence-electron chi connectivity index (χ2n) is 5.12. The Labute approximate surface area is 126 Å². The molecule has 0 aliphatic heterocycles. The molecule has 0 spiro atoms. The lowest BCUT2D eigenvalue weighted by molar-refractivity contribution is 0.406. The van der Waals surface area contributed by atoms with Crippen molar-refractivity contribution in [3.8, 4) is 5.75 Å². The van der Waals surface area contributed by atoms with E-state index in [9.17, 15) is 0 Å². The lowest BCUT2D eigenvalue weighted by atomic mass is 10.0. The molecule has 1 aromatic heterocycles. The molecule has 1 aromatic carbocycles. The lowest BCUT2D eigenvalue weighted by Gasteiger charge is -2.24. The van der Waals surface area contributed by atoms with E-state index in [1.807, 2.05) is 49.5 Å². The molecule has 4 heteroatoms.